The first-order valence-corrected chi connectivity index (χ1v) is 7.49. The highest BCUT2D eigenvalue weighted by Crippen LogP contribution is 2.24. The molecule has 1 aromatic rings. The standard InChI is InChI=1S/C12H21N3O2S/c1-5-6-10(2)15(4)18(16,17)12-9-14-8-7-11(12)13-3/h7-10H,5-6H2,1-4H3,(H,13,14). The molecule has 5 nitrogen and oxygen atoms in total. The molecule has 0 saturated carbocycles. The van der Waals surface area contributed by atoms with Crippen LogP contribution in [0, 0.1) is 0 Å². The van der Waals surface area contributed by atoms with Gasteiger partial charge >= 0.3 is 0 Å². The Morgan fingerprint density at radius 2 is 2.17 bits per heavy atom. The molecule has 0 bridgehead atoms. The summed E-state index contributed by atoms with van der Waals surface area (Å²) in [5.41, 5.74) is 0.570. The number of sulfonamides is 1. The van der Waals surface area contributed by atoms with Crippen LogP contribution in [0.4, 0.5) is 5.69 Å². The van der Waals surface area contributed by atoms with Crippen LogP contribution in [0.3, 0.4) is 0 Å². The molecule has 0 radical (unpaired) electrons. The molecule has 1 aromatic heterocycles. The quantitative estimate of drug-likeness (QED) is 0.859. The van der Waals surface area contributed by atoms with Gasteiger partial charge in [-0.3, -0.25) is 4.98 Å². The maximum Gasteiger partial charge on any atom is 0.246 e. The van der Waals surface area contributed by atoms with Crippen molar-refractivity contribution in [2.45, 2.75) is 37.6 Å². The zero-order valence-corrected chi connectivity index (χ0v) is 12.2. The highest BCUT2D eigenvalue weighted by atomic mass is 32.2. The van der Waals surface area contributed by atoms with E-state index >= 15 is 0 Å². The second kappa shape index (κ2) is 6.15. The number of pyridine rings is 1. The maximum absolute atomic E-state index is 12.5. The van der Waals surface area contributed by atoms with E-state index in [1.807, 2.05) is 13.8 Å². The van der Waals surface area contributed by atoms with Crippen LogP contribution in [0.5, 0.6) is 0 Å². The molecular formula is C12H21N3O2S. The molecule has 0 spiro atoms. The molecule has 0 fully saturated rings. The third kappa shape index (κ3) is 3.00. The van der Waals surface area contributed by atoms with Crippen molar-refractivity contribution in [1.82, 2.24) is 9.29 Å². The Bertz CT molecular complexity index is 488. The third-order valence-electron chi connectivity index (χ3n) is 3.04. The van der Waals surface area contributed by atoms with Gasteiger partial charge < -0.3 is 5.32 Å². The number of rotatable bonds is 6. The van der Waals surface area contributed by atoms with Crippen LogP contribution in [0.25, 0.3) is 0 Å². The van der Waals surface area contributed by atoms with Crippen molar-refractivity contribution in [3.63, 3.8) is 0 Å². The molecule has 1 N–H and O–H groups in total. The van der Waals surface area contributed by atoms with Crippen molar-refractivity contribution in [3.8, 4) is 0 Å². The molecule has 1 unspecified atom stereocenters. The van der Waals surface area contributed by atoms with E-state index in [4.69, 9.17) is 0 Å². The summed E-state index contributed by atoms with van der Waals surface area (Å²) < 4.78 is 26.4. The van der Waals surface area contributed by atoms with Crippen LogP contribution < -0.4 is 5.32 Å². The van der Waals surface area contributed by atoms with Crippen LogP contribution in [0.15, 0.2) is 23.4 Å². The highest BCUT2D eigenvalue weighted by Gasteiger charge is 2.27. The Morgan fingerprint density at radius 1 is 1.50 bits per heavy atom. The van der Waals surface area contributed by atoms with Crippen molar-refractivity contribution in [1.29, 1.82) is 0 Å². The molecule has 0 aliphatic carbocycles. The van der Waals surface area contributed by atoms with Crippen molar-refractivity contribution >= 4 is 15.7 Å². The molecule has 0 saturated heterocycles. The first kappa shape index (κ1) is 14.9. The van der Waals surface area contributed by atoms with Gasteiger partial charge in [0.25, 0.3) is 0 Å². The molecule has 18 heavy (non-hydrogen) atoms. The van der Waals surface area contributed by atoms with Gasteiger partial charge in [-0.05, 0) is 19.4 Å². The summed E-state index contributed by atoms with van der Waals surface area (Å²) >= 11 is 0. The van der Waals surface area contributed by atoms with Gasteiger partial charge in [0, 0.05) is 32.5 Å². The van der Waals surface area contributed by atoms with E-state index in [0.717, 1.165) is 12.8 Å². The second-order valence-electron chi connectivity index (χ2n) is 4.28. The van der Waals surface area contributed by atoms with Gasteiger partial charge in [-0.2, -0.15) is 4.31 Å². The van der Waals surface area contributed by atoms with Gasteiger partial charge in [0.2, 0.25) is 10.0 Å². The summed E-state index contributed by atoms with van der Waals surface area (Å²) in [4.78, 5) is 4.12. The van der Waals surface area contributed by atoms with Crippen molar-refractivity contribution in [3.05, 3.63) is 18.5 Å². The lowest BCUT2D eigenvalue weighted by atomic mass is 10.2. The lowest BCUT2D eigenvalue weighted by Gasteiger charge is -2.24. The van der Waals surface area contributed by atoms with Gasteiger partial charge in [0.05, 0.1) is 5.69 Å². The third-order valence-corrected chi connectivity index (χ3v) is 5.04. The number of hydrogen-bond acceptors (Lipinski definition) is 4. The Kier molecular flexibility index (Phi) is 5.10. The van der Waals surface area contributed by atoms with E-state index in [1.165, 1.54) is 10.5 Å². The van der Waals surface area contributed by atoms with Crippen molar-refractivity contribution in [2.75, 3.05) is 19.4 Å². The van der Waals surface area contributed by atoms with E-state index in [1.54, 1.807) is 26.4 Å². The average molecular weight is 271 g/mol. The van der Waals surface area contributed by atoms with Crippen LogP contribution in [-0.2, 0) is 10.0 Å². The number of hydrogen-bond donors (Lipinski definition) is 1. The fourth-order valence-corrected chi connectivity index (χ4v) is 3.32. The van der Waals surface area contributed by atoms with Crippen molar-refractivity contribution < 1.29 is 8.42 Å². The maximum atomic E-state index is 12.5. The molecule has 102 valence electrons. The summed E-state index contributed by atoms with van der Waals surface area (Å²) in [5.74, 6) is 0. The smallest absolute Gasteiger partial charge is 0.246 e. The number of aromatic nitrogens is 1. The van der Waals surface area contributed by atoms with Crippen LogP contribution in [0.1, 0.15) is 26.7 Å². The average Bonchev–Trinajstić information content (AvgIpc) is 2.38. The largest absolute Gasteiger partial charge is 0.387 e. The summed E-state index contributed by atoms with van der Waals surface area (Å²) in [7, 11) is -0.183. The minimum absolute atomic E-state index is 0.0232. The molecule has 0 aliphatic heterocycles. The lowest BCUT2D eigenvalue weighted by Crippen LogP contribution is -2.35. The van der Waals surface area contributed by atoms with Crippen LogP contribution >= 0.6 is 0 Å². The van der Waals surface area contributed by atoms with Gasteiger partial charge in [-0.15, -0.1) is 0 Å². The summed E-state index contributed by atoms with van der Waals surface area (Å²) in [6.45, 7) is 3.95. The Hall–Kier alpha value is -1.14. The van der Waals surface area contributed by atoms with E-state index in [-0.39, 0.29) is 10.9 Å². The van der Waals surface area contributed by atoms with Gasteiger partial charge in [0.1, 0.15) is 4.90 Å². The zero-order chi connectivity index (χ0) is 13.8. The van der Waals surface area contributed by atoms with Crippen LogP contribution in [0.2, 0.25) is 0 Å². The molecular weight excluding hydrogens is 250 g/mol. The topological polar surface area (TPSA) is 62.3 Å². The molecule has 0 aliphatic rings. The highest BCUT2D eigenvalue weighted by molar-refractivity contribution is 7.89. The van der Waals surface area contributed by atoms with Gasteiger partial charge in [-0.25, -0.2) is 8.42 Å². The lowest BCUT2D eigenvalue weighted by molar-refractivity contribution is 0.369. The van der Waals surface area contributed by atoms with Crippen LogP contribution in [-0.4, -0.2) is 37.8 Å². The molecule has 1 heterocycles. The predicted molar refractivity (Wildman–Crippen MR) is 73.1 cm³/mol. The molecule has 1 rings (SSSR count). The van der Waals surface area contributed by atoms with E-state index in [9.17, 15) is 8.42 Å². The summed E-state index contributed by atoms with van der Waals surface area (Å²) in [5, 5.41) is 2.88. The Morgan fingerprint density at radius 3 is 2.72 bits per heavy atom. The Labute approximate surface area is 109 Å². The first-order chi connectivity index (χ1) is 8.45. The summed E-state index contributed by atoms with van der Waals surface area (Å²) in [6.07, 6.45) is 4.74. The first-order valence-electron chi connectivity index (χ1n) is 6.05. The minimum Gasteiger partial charge on any atom is -0.387 e. The monoisotopic (exact) mass is 271 g/mol. The Balaban J connectivity index is 3.13. The SMILES string of the molecule is CCCC(C)N(C)S(=O)(=O)c1cnccc1NC. The van der Waals surface area contributed by atoms with E-state index in [0.29, 0.717) is 5.69 Å². The fourth-order valence-electron chi connectivity index (χ4n) is 1.78. The van der Waals surface area contributed by atoms with E-state index < -0.39 is 10.0 Å². The molecule has 0 amide bonds. The van der Waals surface area contributed by atoms with Gasteiger partial charge in [0.15, 0.2) is 0 Å². The van der Waals surface area contributed by atoms with Crippen molar-refractivity contribution in [2.24, 2.45) is 0 Å². The summed E-state index contributed by atoms with van der Waals surface area (Å²) in [6, 6.07) is 1.63. The van der Waals surface area contributed by atoms with Gasteiger partial charge in [-0.1, -0.05) is 13.3 Å². The predicted octanol–water partition coefficient (Wildman–Crippen LogP) is 1.93. The molecule has 6 heteroatoms. The molecule has 1 atom stereocenters. The fraction of sp³-hybridized carbons (Fsp3) is 0.583. The number of nitrogens with zero attached hydrogens (tertiary/aromatic N) is 2. The minimum atomic E-state index is -3.49. The normalized spacial score (nSPS) is 13.6. The number of anilines is 1. The van der Waals surface area contributed by atoms with E-state index in [2.05, 4.69) is 10.3 Å². The number of nitrogens with one attached hydrogen (secondary N) is 1. The zero-order valence-electron chi connectivity index (χ0n) is 11.3. The molecule has 0 aromatic carbocycles. The second-order valence-corrected chi connectivity index (χ2v) is 6.25.